The van der Waals surface area contributed by atoms with Crippen LogP contribution in [0.3, 0.4) is 0 Å². The molecule has 3 heterocycles. The van der Waals surface area contributed by atoms with E-state index < -0.39 is 0 Å². The summed E-state index contributed by atoms with van der Waals surface area (Å²) >= 11 is 0. The summed E-state index contributed by atoms with van der Waals surface area (Å²) in [5, 5.41) is 9.78. The molecule has 7 nitrogen and oxygen atoms in total. The second-order valence-electron chi connectivity index (χ2n) is 4.90. The molecule has 1 aromatic heterocycles. The summed E-state index contributed by atoms with van der Waals surface area (Å²) in [5.74, 6) is 0.737. The standard InChI is InChI=1S/C11H17N5O2/c1-18-11-14-9(12)13-10(15-11)16-6-2-3-7(16)5-8(17)4-6/h6-8,17H,2-5H2,1H3,(H2,12,13,14,15). The summed E-state index contributed by atoms with van der Waals surface area (Å²) in [6.07, 6.45) is 3.46. The van der Waals surface area contributed by atoms with Gasteiger partial charge in [0.15, 0.2) is 0 Å². The zero-order valence-electron chi connectivity index (χ0n) is 10.3. The van der Waals surface area contributed by atoms with Crippen LogP contribution >= 0.6 is 0 Å². The number of aliphatic hydroxyl groups excluding tert-OH is 1. The fourth-order valence-corrected chi connectivity index (χ4v) is 3.04. The monoisotopic (exact) mass is 251 g/mol. The zero-order valence-corrected chi connectivity index (χ0v) is 10.3. The molecule has 0 aliphatic carbocycles. The van der Waals surface area contributed by atoms with Crippen LogP contribution in [0.5, 0.6) is 6.01 Å². The molecule has 18 heavy (non-hydrogen) atoms. The molecule has 0 saturated carbocycles. The minimum atomic E-state index is -0.208. The zero-order chi connectivity index (χ0) is 12.7. The van der Waals surface area contributed by atoms with Gasteiger partial charge < -0.3 is 20.5 Å². The number of anilines is 2. The molecule has 0 spiro atoms. The van der Waals surface area contributed by atoms with E-state index in [-0.39, 0.29) is 18.1 Å². The fourth-order valence-electron chi connectivity index (χ4n) is 3.04. The minimum absolute atomic E-state index is 0.169. The van der Waals surface area contributed by atoms with E-state index in [0.29, 0.717) is 18.0 Å². The molecule has 0 aromatic carbocycles. The van der Waals surface area contributed by atoms with E-state index in [4.69, 9.17) is 10.5 Å². The van der Waals surface area contributed by atoms with Gasteiger partial charge in [-0.2, -0.15) is 15.0 Å². The Kier molecular flexibility index (Phi) is 2.70. The molecule has 3 rings (SSSR count). The Morgan fingerprint density at radius 3 is 2.50 bits per heavy atom. The molecular formula is C11H17N5O2. The van der Waals surface area contributed by atoms with Gasteiger partial charge in [-0.05, 0) is 25.7 Å². The van der Waals surface area contributed by atoms with Gasteiger partial charge in [0.2, 0.25) is 11.9 Å². The third-order valence-electron chi connectivity index (χ3n) is 3.74. The number of aromatic nitrogens is 3. The van der Waals surface area contributed by atoms with Crippen molar-refractivity contribution < 1.29 is 9.84 Å². The van der Waals surface area contributed by atoms with Crippen LogP contribution < -0.4 is 15.4 Å². The van der Waals surface area contributed by atoms with E-state index in [0.717, 1.165) is 25.7 Å². The number of piperidine rings is 1. The predicted octanol–water partition coefficient (Wildman–Crippen LogP) is -0.0455. The largest absolute Gasteiger partial charge is 0.467 e. The first-order valence-electron chi connectivity index (χ1n) is 6.19. The quantitative estimate of drug-likeness (QED) is 0.760. The number of rotatable bonds is 2. The number of nitrogens with two attached hydrogens (primary N) is 1. The number of hydrogen-bond acceptors (Lipinski definition) is 7. The molecule has 0 radical (unpaired) electrons. The maximum Gasteiger partial charge on any atom is 0.322 e. The van der Waals surface area contributed by atoms with Gasteiger partial charge >= 0.3 is 6.01 Å². The number of aliphatic hydroxyl groups is 1. The maximum absolute atomic E-state index is 9.78. The highest BCUT2D eigenvalue weighted by Gasteiger charge is 2.41. The number of fused-ring (bicyclic) bond motifs is 2. The van der Waals surface area contributed by atoms with E-state index in [1.807, 2.05) is 0 Å². The van der Waals surface area contributed by atoms with Gasteiger partial charge in [-0.25, -0.2) is 0 Å². The third kappa shape index (κ3) is 1.84. The summed E-state index contributed by atoms with van der Waals surface area (Å²) in [6, 6.07) is 0.832. The third-order valence-corrected chi connectivity index (χ3v) is 3.74. The van der Waals surface area contributed by atoms with E-state index in [1.54, 1.807) is 0 Å². The molecule has 2 atom stereocenters. The van der Waals surface area contributed by atoms with Crippen LogP contribution in [0.15, 0.2) is 0 Å². The summed E-state index contributed by atoms with van der Waals surface area (Å²) in [5.41, 5.74) is 5.66. The normalized spacial score (nSPS) is 30.6. The van der Waals surface area contributed by atoms with Gasteiger partial charge in [-0.1, -0.05) is 0 Å². The molecular weight excluding hydrogens is 234 g/mol. The lowest BCUT2D eigenvalue weighted by molar-refractivity contribution is 0.125. The Balaban J connectivity index is 1.93. The second-order valence-corrected chi connectivity index (χ2v) is 4.90. The molecule has 3 N–H and O–H groups in total. The van der Waals surface area contributed by atoms with Crippen LogP contribution in [0, 0.1) is 0 Å². The summed E-state index contributed by atoms with van der Waals surface area (Å²) in [6.45, 7) is 0. The lowest BCUT2D eigenvalue weighted by Crippen LogP contribution is -2.45. The van der Waals surface area contributed by atoms with E-state index >= 15 is 0 Å². The topological polar surface area (TPSA) is 97.4 Å². The minimum Gasteiger partial charge on any atom is -0.467 e. The summed E-state index contributed by atoms with van der Waals surface area (Å²) in [4.78, 5) is 14.5. The van der Waals surface area contributed by atoms with Crippen LogP contribution in [0.4, 0.5) is 11.9 Å². The Hall–Kier alpha value is -1.63. The van der Waals surface area contributed by atoms with Gasteiger partial charge in [0, 0.05) is 12.1 Å². The van der Waals surface area contributed by atoms with Crippen molar-refractivity contribution in [2.75, 3.05) is 17.7 Å². The average Bonchev–Trinajstić information content (AvgIpc) is 2.61. The molecule has 2 bridgehead atoms. The van der Waals surface area contributed by atoms with Crippen LogP contribution in [-0.2, 0) is 0 Å². The highest BCUT2D eigenvalue weighted by Crippen LogP contribution is 2.38. The molecule has 0 amide bonds. The van der Waals surface area contributed by atoms with Crippen molar-refractivity contribution in [3.05, 3.63) is 0 Å². The molecule has 2 aliphatic rings. The number of nitrogen functional groups attached to an aromatic ring is 1. The lowest BCUT2D eigenvalue weighted by atomic mass is 10.0. The van der Waals surface area contributed by atoms with Crippen LogP contribution in [0.2, 0.25) is 0 Å². The molecule has 7 heteroatoms. The number of hydrogen-bond donors (Lipinski definition) is 2. The molecule has 2 aliphatic heterocycles. The Morgan fingerprint density at radius 1 is 1.22 bits per heavy atom. The van der Waals surface area contributed by atoms with E-state index in [9.17, 15) is 5.11 Å². The second kappa shape index (κ2) is 4.24. The smallest absolute Gasteiger partial charge is 0.322 e. The highest BCUT2D eigenvalue weighted by atomic mass is 16.5. The van der Waals surface area contributed by atoms with E-state index in [1.165, 1.54) is 7.11 Å². The van der Waals surface area contributed by atoms with Crippen molar-refractivity contribution in [3.63, 3.8) is 0 Å². The molecule has 98 valence electrons. The Bertz CT molecular complexity index is 441. The van der Waals surface area contributed by atoms with Crippen LogP contribution in [0.1, 0.15) is 25.7 Å². The van der Waals surface area contributed by atoms with Gasteiger partial charge in [0.05, 0.1) is 13.2 Å². The molecule has 2 unspecified atom stereocenters. The number of nitrogens with zero attached hydrogens (tertiary/aromatic N) is 4. The van der Waals surface area contributed by atoms with Crippen LogP contribution in [-0.4, -0.2) is 45.4 Å². The molecule has 2 fully saturated rings. The highest BCUT2D eigenvalue weighted by molar-refractivity contribution is 5.41. The summed E-state index contributed by atoms with van der Waals surface area (Å²) < 4.78 is 5.02. The van der Waals surface area contributed by atoms with Crippen molar-refractivity contribution in [3.8, 4) is 6.01 Å². The Morgan fingerprint density at radius 2 is 1.89 bits per heavy atom. The van der Waals surface area contributed by atoms with Gasteiger partial charge in [-0.15, -0.1) is 0 Å². The van der Waals surface area contributed by atoms with Gasteiger partial charge in [0.25, 0.3) is 0 Å². The van der Waals surface area contributed by atoms with Crippen molar-refractivity contribution in [2.24, 2.45) is 0 Å². The lowest BCUT2D eigenvalue weighted by Gasteiger charge is -2.37. The van der Waals surface area contributed by atoms with Crippen molar-refractivity contribution >= 4 is 11.9 Å². The first kappa shape index (κ1) is 11.5. The number of methoxy groups -OCH3 is 1. The van der Waals surface area contributed by atoms with Crippen molar-refractivity contribution in [1.29, 1.82) is 0 Å². The van der Waals surface area contributed by atoms with E-state index in [2.05, 4.69) is 19.9 Å². The molecule has 2 saturated heterocycles. The maximum atomic E-state index is 9.78. The molecule has 1 aromatic rings. The summed E-state index contributed by atoms with van der Waals surface area (Å²) in [7, 11) is 1.51. The SMILES string of the molecule is COc1nc(N)nc(N2C3CCC2CC(O)C3)n1. The van der Waals surface area contributed by atoms with Gasteiger partial charge in [0.1, 0.15) is 0 Å². The first-order valence-corrected chi connectivity index (χ1v) is 6.19. The average molecular weight is 251 g/mol. The first-order chi connectivity index (χ1) is 8.67. The van der Waals surface area contributed by atoms with Crippen molar-refractivity contribution in [1.82, 2.24) is 15.0 Å². The van der Waals surface area contributed by atoms with Crippen LogP contribution in [0.25, 0.3) is 0 Å². The fraction of sp³-hybridized carbons (Fsp3) is 0.727. The predicted molar refractivity (Wildman–Crippen MR) is 65.3 cm³/mol. The van der Waals surface area contributed by atoms with Crippen molar-refractivity contribution in [2.45, 2.75) is 43.9 Å². The van der Waals surface area contributed by atoms with Gasteiger partial charge in [-0.3, -0.25) is 0 Å². The number of ether oxygens (including phenoxy) is 1. The Labute approximate surface area is 105 Å².